The normalized spacial score (nSPS) is 23.6. The van der Waals surface area contributed by atoms with E-state index >= 15 is 0 Å². The van der Waals surface area contributed by atoms with Gasteiger partial charge >= 0.3 is 0 Å². The summed E-state index contributed by atoms with van der Waals surface area (Å²) in [6.45, 7) is 11.3. The van der Waals surface area contributed by atoms with Crippen LogP contribution in [0.5, 0.6) is 11.5 Å². The average molecular weight is 466 g/mol. The summed E-state index contributed by atoms with van der Waals surface area (Å²) < 4.78 is 12.1. The number of fused-ring (bicyclic) bond motifs is 1. The Bertz CT molecular complexity index is 1020. The lowest BCUT2D eigenvalue weighted by atomic mass is 9.72. The highest BCUT2D eigenvalue weighted by Crippen LogP contribution is 2.47. The molecule has 0 saturated carbocycles. The first-order valence-corrected chi connectivity index (χ1v) is 12.4. The van der Waals surface area contributed by atoms with Crippen molar-refractivity contribution in [2.45, 2.75) is 72.0 Å². The third-order valence-corrected chi connectivity index (χ3v) is 7.62. The van der Waals surface area contributed by atoms with Gasteiger partial charge in [-0.25, -0.2) is 0 Å². The highest BCUT2D eigenvalue weighted by Gasteiger charge is 2.48. The average Bonchev–Trinajstić information content (AvgIpc) is 3.34. The van der Waals surface area contributed by atoms with E-state index in [0.717, 1.165) is 24.2 Å². The number of aliphatic hydroxyl groups is 1. The molecule has 4 rings (SSSR count). The maximum absolute atomic E-state index is 13.1. The van der Waals surface area contributed by atoms with Gasteiger partial charge in [0.25, 0.3) is 0 Å². The molecule has 0 bridgehead atoms. The number of carbonyl (C=O) groups is 1. The van der Waals surface area contributed by atoms with Crippen molar-refractivity contribution in [1.29, 1.82) is 0 Å². The van der Waals surface area contributed by atoms with Crippen LogP contribution >= 0.6 is 0 Å². The van der Waals surface area contributed by atoms with Gasteiger partial charge in [-0.05, 0) is 41.2 Å². The predicted octanol–water partition coefficient (Wildman–Crippen LogP) is 4.99. The molecule has 1 heterocycles. The summed E-state index contributed by atoms with van der Waals surface area (Å²) in [5, 5.41) is 10.8. The fourth-order valence-corrected chi connectivity index (χ4v) is 5.46. The first-order chi connectivity index (χ1) is 16.0. The summed E-state index contributed by atoms with van der Waals surface area (Å²) in [4.78, 5) is 15.0. The van der Waals surface area contributed by atoms with Crippen molar-refractivity contribution in [2.75, 3.05) is 20.2 Å². The van der Waals surface area contributed by atoms with E-state index in [4.69, 9.17) is 9.47 Å². The molecular formula is C29H39NO4. The van der Waals surface area contributed by atoms with Gasteiger partial charge in [-0.3, -0.25) is 4.79 Å². The number of carbonyl (C=O) groups excluding carboxylic acids is 1. The maximum atomic E-state index is 13.1. The number of likely N-dealkylation sites (tertiary alicyclic amines) is 1. The molecule has 1 amide bonds. The van der Waals surface area contributed by atoms with Crippen molar-refractivity contribution in [3.05, 3.63) is 59.2 Å². The lowest BCUT2D eigenvalue weighted by molar-refractivity contribution is -0.132. The van der Waals surface area contributed by atoms with Crippen LogP contribution in [0.1, 0.15) is 63.6 Å². The van der Waals surface area contributed by atoms with Crippen LogP contribution in [0, 0.1) is 10.8 Å². The van der Waals surface area contributed by atoms with Gasteiger partial charge in [-0.1, -0.05) is 58.0 Å². The highest BCUT2D eigenvalue weighted by molar-refractivity contribution is 5.77. The first kappa shape index (κ1) is 24.6. The summed E-state index contributed by atoms with van der Waals surface area (Å²) in [7, 11) is 1.66. The SMILES string of the molecule is COc1ccc([C@@H]2CN(C(=O)CC(C)(C)C)C[C@@]2(C)[C@@H](C)O)cc1OC1Cc2ccccc2C1. The minimum Gasteiger partial charge on any atom is -0.493 e. The van der Waals surface area contributed by atoms with Crippen molar-refractivity contribution in [1.82, 2.24) is 4.90 Å². The third kappa shape index (κ3) is 4.95. The van der Waals surface area contributed by atoms with Crippen LogP contribution in [-0.2, 0) is 17.6 Å². The van der Waals surface area contributed by atoms with Crippen LogP contribution in [0.2, 0.25) is 0 Å². The molecule has 1 fully saturated rings. The van der Waals surface area contributed by atoms with Gasteiger partial charge in [-0.2, -0.15) is 0 Å². The molecule has 5 heteroatoms. The topological polar surface area (TPSA) is 59.0 Å². The minimum absolute atomic E-state index is 0.00505. The summed E-state index contributed by atoms with van der Waals surface area (Å²) in [6.07, 6.45) is 1.77. The van der Waals surface area contributed by atoms with Gasteiger partial charge in [0.2, 0.25) is 5.91 Å². The van der Waals surface area contributed by atoms with E-state index in [1.54, 1.807) is 7.11 Å². The Morgan fingerprint density at radius 1 is 1.15 bits per heavy atom. The number of hydrogen-bond donors (Lipinski definition) is 1. The molecule has 2 aromatic rings. The number of rotatable bonds is 6. The molecule has 5 nitrogen and oxygen atoms in total. The van der Waals surface area contributed by atoms with Gasteiger partial charge in [0.15, 0.2) is 11.5 Å². The minimum atomic E-state index is -0.555. The number of aliphatic hydroxyl groups excluding tert-OH is 1. The number of hydrogen-bond acceptors (Lipinski definition) is 4. The summed E-state index contributed by atoms with van der Waals surface area (Å²) in [5.41, 5.74) is 3.24. The second-order valence-electron chi connectivity index (χ2n) is 11.6. The lowest BCUT2D eigenvalue weighted by Crippen LogP contribution is -2.38. The Morgan fingerprint density at radius 2 is 1.79 bits per heavy atom. The Labute approximate surface area is 204 Å². The Kier molecular flexibility index (Phi) is 6.69. The summed E-state index contributed by atoms with van der Waals surface area (Å²) in [5.74, 6) is 1.59. The molecule has 1 aliphatic heterocycles. The van der Waals surface area contributed by atoms with Crippen LogP contribution in [-0.4, -0.2) is 48.3 Å². The fourth-order valence-electron chi connectivity index (χ4n) is 5.46. The molecule has 1 aliphatic carbocycles. The monoisotopic (exact) mass is 465 g/mol. The zero-order valence-corrected chi connectivity index (χ0v) is 21.4. The van der Waals surface area contributed by atoms with Crippen molar-refractivity contribution >= 4 is 5.91 Å². The Hall–Kier alpha value is -2.53. The molecule has 1 saturated heterocycles. The van der Waals surface area contributed by atoms with Gasteiger partial charge in [0.1, 0.15) is 6.10 Å². The highest BCUT2D eigenvalue weighted by atomic mass is 16.5. The molecule has 184 valence electrons. The van der Waals surface area contributed by atoms with Crippen LogP contribution in [0.3, 0.4) is 0 Å². The molecule has 2 aromatic carbocycles. The van der Waals surface area contributed by atoms with E-state index < -0.39 is 11.5 Å². The predicted molar refractivity (Wildman–Crippen MR) is 134 cm³/mol. The Balaban J connectivity index is 1.59. The van der Waals surface area contributed by atoms with E-state index in [0.29, 0.717) is 25.3 Å². The first-order valence-electron chi connectivity index (χ1n) is 12.4. The van der Waals surface area contributed by atoms with E-state index in [1.807, 2.05) is 17.9 Å². The molecule has 1 N–H and O–H groups in total. The van der Waals surface area contributed by atoms with E-state index in [-0.39, 0.29) is 23.3 Å². The van der Waals surface area contributed by atoms with Gasteiger partial charge in [-0.15, -0.1) is 0 Å². The summed E-state index contributed by atoms with van der Waals surface area (Å²) >= 11 is 0. The number of nitrogens with zero attached hydrogens (tertiary/aromatic N) is 1. The van der Waals surface area contributed by atoms with Crippen LogP contribution in [0.15, 0.2) is 42.5 Å². The maximum Gasteiger partial charge on any atom is 0.223 e. The van der Waals surface area contributed by atoms with E-state index in [9.17, 15) is 9.90 Å². The molecule has 0 unspecified atom stereocenters. The van der Waals surface area contributed by atoms with Crippen molar-refractivity contribution in [3.63, 3.8) is 0 Å². The third-order valence-electron chi connectivity index (χ3n) is 7.62. The largest absolute Gasteiger partial charge is 0.493 e. The smallest absolute Gasteiger partial charge is 0.223 e. The van der Waals surface area contributed by atoms with E-state index in [1.165, 1.54) is 11.1 Å². The molecule has 0 spiro atoms. The fraction of sp³-hybridized carbons (Fsp3) is 0.552. The van der Waals surface area contributed by atoms with Crippen LogP contribution in [0.4, 0.5) is 0 Å². The van der Waals surface area contributed by atoms with E-state index in [2.05, 4.69) is 64.1 Å². The summed E-state index contributed by atoms with van der Waals surface area (Å²) in [6, 6.07) is 14.6. The van der Waals surface area contributed by atoms with Gasteiger partial charge in [0, 0.05) is 43.7 Å². The zero-order chi connectivity index (χ0) is 24.7. The second-order valence-corrected chi connectivity index (χ2v) is 11.6. The Morgan fingerprint density at radius 3 is 2.35 bits per heavy atom. The lowest BCUT2D eigenvalue weighted by Gasteiger charge is -2.34. The second kappa shape index (κ2) is 9.26. The molecule has 0 aromatic heterocycles. The molecule has 34 heavy (non-hydrogen) atoms. The molecule has 0 radical (unpaired) electrons. The number of methoxy groups -OCH3 is 1. The number of amides is 1. The molecular weight excluding hydrogens is 426 g/mol. The van der Waals surface area contributed by atoms with Crippen molar-refractivity contribution < 1.29 is 19.4 Å². The quantitative estimate of drug-likeness (QED) is 0.653. The van der Waals surface area contributed by atoms with Crippen molar-refractivity contribution in [2.24, 2.45) is 10.8 Å². The molecule has 2 aliphatic rings. The number of benzene rings is 2. The van der Waals surface area contributed by atoms with Gasteiger partial charge in [0.05, 0.1) is 13.2 Å². The van der Waals surface area contributed by atoms with Crippen LogP contribution < -0.4 is 9.47 Å². The van der Waals surface area contributed by atoms with Crippen LogP contribution in [0.25, 0.3) is 0 Å². The zero-order valence-electron chi connectivity index (χ0n) is 21.4. The van der Waals surface area contributed by atoms with Gasteiger partial charge < -0.3 is 19.5 Å². The van der Waals surface area contributed by atoms with Crippen molar-refractivity contribution in [3.8, 4) is 11.5 Å². The molecule has 3 atom stereocenters. The number of ether oxygens (including phenoxy) is 2. The standard InChI is InChI=1S/C29H39NO4/c1-19(31)29(5)18-30(27(32)16-28(2,3)4)17-24(29)22-11-12-25(33-6)26(15-22)34-23-13-20-9-7-8-10-21(20)14-23/h7-12,15,19,23-24,31H,13-14,16-18H2,1-6H3/t19-,24+,29+/m1/s1.